The number of nitrogens with zero attached hydrogens (tertiary/aromatic N) is 1. The molecule has 0 bridgehead atoms. The van der Waals surface area contributed by atoms with Crippen LogP contribution >= 0.6 is 0 Å². The van der Waals surface area contributed by atoms with Gasteiger partial charge >= 0.3 is 6.18 Å². The molecule has 5 rings (SSSR count). The molecule has 0 fully saturated rings. The van der Waals surface area contributed by atoms with Crippen LogP contribution in [0.15, 0.2) is 52.9 Å². The number of halogens is 4. The quantitative estimate of drug-likeness (QED) is 0.571. The molecular weight excluding hydrogens is 450 g/mol. The molecular formula is C22H15F4NO6. The molecule has 2 atom stereocenters. The number of alkyl halides is 3. The number of amides is 1. The summed E-state index contributed by atoms with van der Waals surface area (Å²) >= 11 is 0. The number of hydrogen-bond donors (Lipinski definition) is 2. The van der Waals surface area contributed by atoms with Crippen molar-refractivity contribution in [2.24, 2.45) is 0 Å². The van der Waals surface area contributed by atoms with Gasteiger partial charge in [-0.3, -0.25) is 4.79 Å². The van der Waals surface area contributed by atoms with Crippen molar-refractivity contribution in [2.45, 2.75) is 24.4 Å². The Morgan fingerprint density at radius 1 is 1.06 bits per heavy atom. The van der Waals surface area contributed by atoms with Crippen LogP contribution in [-0.4, -0.2) is 29.0 Å². The zero-order valence-corrected chi connectivity index (χ0v) is 16.6. The van der Waals surface area contributed by atoms with E-state index in [4.69, 9.17) is 13.9 Å². The third-order valence-electron chi connectivity index (χ3n) is 5.67. The van der Waals surface area contributed by atoms with Gasteiger partial charge < -0.3 is 29.0 Å². The van der Waals surface area contributed by atoms with E-state index < -0.39 is 48.5 Å². The van der Waals surface area contributed by atoms with E-state index in [1.165, 1.54) is 30.3 Å². The van der Waals surface area contributed by atoms with Crippen molar-refractivity contribution in [1.82, 2.24) is 0 Å². The van der Waals surface area contributed by atoms with Gasteiger partial charge in [0.15, 0.2) is 16.9 Å². The lowest BCUT2D eigenvalue weighted by Gasteiger charge is -2.30. The number of furan rings is 1. The lowest BCUT2D eigenvalue weighted by molar-refractivity contribution is -0.153. The standard InChI is InChI=1S/C22H15F4NO6/c23-14-3-1-2-13-18(14)27(9-12-5-7-17(31-12)22(24,25)26)19(30)21(13,10-28)20-32-15-6-4-11(29)8-16(15)33-20/h1-8,20,28-29H,9-10H2. The van der Waals surface area contributed by atoms with Crippen LogP contribution < -0.4 is 14.4 Å². The number of phenols is 1. The van der Waals surface area contributed by atoms with Crippen LogP contribution in [0.25, 0.3) is 0 Å². The first-order valence-electron chi connectivity index (χ1n) is 9.69. The molecule has 2 N–H and O–H groups in total. The van der Waals surface area contributed by atoms with Crippen LogP contribution in [0.4, 0.5) is 23.2 Å². The fourth-order valence-corrected chi connectivity index (χ4v) is 4.13. The van der Waals surface area contributed by atoms with Gasteiger partial charge in [0.2, 0.25) is 11.7 Å². The van der Waals surface area contributed by atoms with Crippen molar-refractivity contribution < 1.29 is 46.5 Å². The largest absolute Gasteiger partial charge is 0.508 e. The zero-order chi connectivity index (χ0) is 23.5. The minimum Gasteiger partial charge on any atom is -0.508 e. The van der Waals surface area contributed by atoms with Gasteiger partial charge in [-0.2, -0.15) is 13.2 Å². The second kappa shape index (κ2) is 7.14. The molecule has 2 aliphatic heterocycles. The van der Waals surface area contributed by atoms with Crippen molar-refractivity contribution in [3.63, 3.8) is 0 Å². The van der Waals surface area contributed by atoms with E-state index in [1.54, 1.807) is 0 Å². The summed E-state index contributed by atoms with van der Waals surface area (Å²) in [4.78, 5) is 14.5. The lowest BCUT2D eigenvalue weighted by Crippen LogP contribution is -2.54. The molecule has 2 aromatic carbocycles. The number of rotatable bonds is 4. The molecule has 0 saturated heterocycles. The summed E-state index contributed by atoms with van der Waals surface area (Å²) in [5.74, 6) is -3.00. The van der Waals surface area contributed by atoms with Gasteiger partial charge in [0, 0.05) is 11.6 Å². The first-order valence-corrected chi connectivity index (χ1v) is 9.69. The van der Waals surface area contributed by atoms with Crippen molar-refractivity contribution in [2.75, 3.05) is 11.5 Å². The summed E-state index contributed by atoms with van der Waals surface area (Å²) in [5, 5.41) is 20.0. The van der Waals surface area contributed by atoms with Gasteiger partial charge in [0.05, 0.1) is 18.8 Å². The number of aromatic hydroxyl groups is 1. The fourth-order valence-electron chi connectivity index (χ4n) is 4.13. The predicted octanol–water partition coefficient (Wildman–Crippen LogP) is 3.72. The van der Waals surface area contributed by atoms with Crippen LogP contribution in [-0.2, 0) is 22.9 Å². The number of anilines is 1. The number of fused-ring (bicyclic) bond motifs is 2. The predicted molar refractivity (Wildman–Crippen MR) is 103 cm³/mol. The number of benzene rings is 2. The van der Waals surface area contributed by atoms with E-state index in [-0.39, 0.29) is 34.3 Å². The second-order valence-corrected chi connectivity index (χ2v) is 7.62. The highest BCUT2D eigenvalue weighted by atomic mass is 19.4. The summed E-state index contributed by atoms with van der Waals surface area (Å²) in [6, 6.07) is 9.56. The first-order chi connectivity index (χ1) is 15.6. The smallest absolute Gasteiger partial charge is 0.449 e. The molecule has 0 radical (unpaired) electrons. The highest BCUT2D eigenvalue weighted by Crippen LogP contribution is 2.50. The van der Waals surface area contributed by atoms with E-state index in [1.807, 2.05) is 0 Å². The average Bonchev–Trinajstić information content (AvgIpc) is 3.45. The first kappa shape index (κ1) is 21.1. The van der Waals surface area contributed by atoms with E-state index in [0.29, 0.717) is 6.07 Å². The van der Waals surface area contributed by atoms with Crippen molar-refractivity contribution >= 4 is 11.6 Å². The highest BCUT2D eigenvalue weighted by molar-refractivity contribution is 6.08. The molecule has 11 heteroatoms. The normalized spacial score (nSPS) is 21.5. The third-order valence-corrected chi connectivity index (χ3v) is 5.67. The Bertz CT molecular complexity index is 1260. The van der Waals surface area contributed by atoms with Crippen LogP contribution in [0.2, 0.25) is 0 Å². The summed E-state index contributed by atoms with van der Waals surface area (Å²) in [6.07, 6.45) is -6.16. The Hall–Kier alpha value is -3.73. The molecule has 0 spiro atoms. The number of aliphatic hydroxyl groups excluding tert-OH is 1. The van der Waals surface area contributed by atoms with Gasteiger partial charge in [-0.15, -0.1) is 0 Å². The molecule has 0 aliphatic carbocycles. The van der Waals surface area contributed by atoms with Gasteiger partial charge in [0.25, 0.3) is 6.29 Å². The van der Waals surface area contributed by atoms with Crippen molar-refractivity contribution in [1.29, 1.82) is 0 Å². The average molecular weight is 465 g/mol. The summed E-state index contributed by atoms with van der Waals surface area (Å²) < 4.78 is 69.9. The Labute approximate surface area is 183 Å². The number of carbonyl (C=O) groups excluding carboxylic acids is 1. The summed E-state index contributed by atoms with van der Waals surface area (Å²) in [7, 11) is 0. The Kier molecular flexibility index (Phi) is 4.57. The van der Waals surface area contributed by atoms with E-state index in [9.17, 15) is 32.6 Å². The van der Waals surface area contributed by atoms with Gasteiger partial charge in [-0.25, -0.2) is 4.39 Å². The molecule has 7 nitrogen and oxygen atoms in total. The molecule has 2 unspecified atom stereocenters. The number of ether oxygens (including phenoxy) is 2. The van der Waals surface area contributed by atoms with Gasteiger partial charge in [-0.1, -0.05) is 12.1 Å². The van der Waals surface area contributed by atoms with Gasteiger partial charge in [0.1, 0.15) is 17.3 Å². The number of hydrogen-bond acceptors (Lipinski definition) is 6. The number of para-hydroxylation sites is 1. The maximum Gasteiger partial charge on any atom is 0.449 e. The lowest BCUT2D eigenvalue weighted by atomic mass is 9.81. The highest BCUT2D eigenvalue weighted by Gasteiger charge is 2.61. The van der Waals surface area contributed by atoms with Crippen molar-refractivity contribution in [3.05, 3.63) is 71.4 Å². The topological polar surface area (TPSA) is 92.4 Å². The number of phenolic OH excluding ortho intramolecular Hbond substituents is 1. The van der Waals surface area contributed by atoms with E-state index in [2.05, 4.69) is 0 Å². The number of aliphatic hydroxyl groups is 1. The maximum atomic E-state index is 14.9. The molecule has 0 saturated carbocycles. The molecule has 1 amide bonds. The van der Waals surface area contributed by atoms with E-state index >= 15 is 0 Å². The Morgan fingerprint density at radius 3 is 2.52 bits per heavy atom. The summed E-state index contributed by atoms with van der Waals surface area (Å²) in [5.41, 5.74) is -2.11. The van der Waals surface area contributed by atoms with Crippen LogP contribution in [0.3, 0.4) is 0 Å². The summed E-state index contributed by atoms with van der Waals surface area (Å²) in [6.45, 7) is -1.37. The minimum absolute atomic E-state index is 0.0413. The van der Waals surface area contributed by atoms with Crippen LogP contribution in [0.1, 0.15) is 17.1 Å². The molecule has 172 valence electrons. The SMILES string of the molecule is O=C1N(Cc2ccc(C(F)(F)F)o2)c2c(F)cccc2C1(CO)C1Oc2ccc(O)cc2O1. The molecule has 3 heterocycles. The minimum atomic E-state index is -4.73. The molecule has 33 heavy (non-hydrogen) atoms. The maximum absolute atomic E-state index is 14.9. The second-order valence-electron chi connectivity index (χ2n) is 7.62. The third kappa shape index (κ3) is 3.10. The monoisotopic (exact) mass is 465 g/mol. The van der Waals surface area contributed by atoms with Crippen molar-refractivity contribution in [3.8, 4) is 17.2 Å². The van der Waals surface area contributed by atoms with E-state index in [0.717, 1.165) is 17.0 Å². The van der Waals surface area contributed by atoms with Crippen LogP contribution in [0, 0.1) is 5.82 Å². The Morgan fingerprint density at radius 2 is 1.82 bits per heavy atom. The molecule has 1 aromatic heterocycles. The van der Waals surface area contributed by atoms with Gasteiger partial charge in [-0.05, 0) is 30.3 Å². The molecule has 3 aromatic rings. The number of carbonyl (C=O) groups is 1. The zero-order valence-electron chi connectivity index (χ0n) is 16.6. The van der Waals surface area contributed by atoms with Crippen LogP contribution in [0.5, 0.6) is 17.2 Å². The Balaban J connectivity index is 1.56. The molecule has 2 aliphatic rings. The fraction of sp³-hybridized carbons (Fsp3) is 0.227.